The van der Waals surface area contributed by atoms with Crippen molar-refractivity contribution in [1.29, 1.82) is 0 Å². The Morgan fingerprint density at radius 3 is 2.12 bits per heavy atom. The Labute approximate surface area is 196 Å². The molecular weight excluding hydrogens is 386 g/mol. The smallest absolute Gasteiger partial charge is 0.0283 e. The molecule has 0 aliphatic carbocycles. The first kappa shape index (κ1) is 25.3. The van der Waals surface area contributed by atoms with E-state index in [2.05, 4.69) is 114 Å². The zero-order valence-corrected chi connectivity index (χ0v) is 21.2. The molecule has 0 aromatic heterocycles. The summed E-state index contributed by atoms with van der Waals surface area (Å²) in [6, 6.07) is 15.4. The van der Waals surface area contributed by atoms with Crippen LogP contribution in [0.4, 0.5) is 0 Å². The average molecular weight is 426 g/mol. The van der Waals surface area contributed by atoms with Gasteiger partial charge in [0.05, 0.1) is 0 Å². The van der Waals surface area contributed by atoms with Crippen LogP contribution in [0.5, 0.6) is 0 Å². The van der Waals surface area contributed by atoms with Crippen LogP contribution in [0.15, 0.2) is 93.6 Å². The van der Waals surface area contributed by atoms with Crippen LogP contribution in [-0.2, 0) is 12.8 Å². The number of allylic oxidation sites excluding steroid dienone is 8. The standard InChI is InChI=1S/C31H39N/c1-9-13-28(10-2)30(20-29-23(4)15-12-16-24(29)5)26(7)31(21-32-8)25(6)19-27-17-11-14-22(3)18-27/h9-18,21H,19-20H2,1-8H3/b13-9-,28-10+,30-26-,31-25+,32-21-. The number of hydrogen-bond acceptors (Lipinski definition) is 1. The molecule has 0 aliphatic heterocycles. The van der Waals surface area contributed by atoms with Crippen LogP contribution in [0.25, 0.3) is 0 Å². The van der Waals surface area contributed by atoms with Crippen molar-refractivity contribution in [2.45, 2.75) is 61.3 Å². The van der Waals surface area contributed by atoms with Gasteiger partial charge in [0.15, 0.2) is 0 Å². The molecule has 2 aromatic carbocycles. The molecule has 0 unspecified atom stereocenters. The van der Waals surface area contributed by atoms with Gasteiger partial charge >= 0.3 is 0 Å². The first-order valence-electron chi connectivity index (χ1n) is 11.5. The Hall–Kier alpha value is -2.93. The summed E-state index contributed by atoms with van der Waals surface area (Å²) in [7, 11) is 1.86. The van der Waals surface area contributed by atoms with Gasteiger partial charge in [0.2, 0.25) is 0 Å². The maximum Gasteiger partial charge on any atom is 0.0283 e. The Kier molecular flexibility index (Phi) is 9.65. The number of nitrogens with zero attached hydrogens (tertiary/aromatic N) is 1. The van der Waals surface area contributed by atoms with Gasteiger partial charge in [-0.05, 0) is 106 Å². The maximum atomic E-state index is 4.44. The van der Waals surface area contributed by atoms with Crippen molar-refractivity contribution < 1.29 is 0 Å². The first-order chi connectivity index (χ1) is 15.3. The van der Waals surface area contributed by atoms with Gasteiger partial charge in [-0.2, -0.15) is 0 Å². The van der Waals surface area contributed by atoms with Gasteiger partial charge in [-0.1, -0.05) is 71.8 Å². The Morgan fingerprint density at radius 1 is 0.906 bits per heavy atom. The number of benzene rings is 2. The normalized spacial score (nSPS) is 14.2. The molecule has 0 bridgehead atoms. The van der Waals surface area contributed by atoms with E-state index in [0.29, 0.717) is 0 Å². The maximum absolute atomic E-state index is 4.44. The lowest BCUT2D eigenvalue weighted by Gasteiger charge is -2.19. The van der Waals surface area contributed by atoms with Gasteiger partial charge < -0.3 is 0 Å². The molecule has 0 radical (unpaired) electrons. The molecule has 0 N–H and O–H groups in total. The van der Waals surface area contributed by atoms with Crippen LogP contribution in [-0.4, -0.2) is 13.3 Å². The van der Waals surface area contributed by atoms with Crippen LogP contribution in [0.2, 0.25) is 0 Å². The monoisotopic (exact) mass is 425 g/mol. The molecule has 0 amide bonds. The second-order valence-electron chi connectivity index (χ2n) is 8.64. The summed E-state index contributed by atoms with van der Waals surface area (Å²) < 4.78 is 0. The van der Waals surface area contributed by atoms with Crippen LogP contribution in [0.3, 0.4) is 0 Å². The molecule has 1 heteroatoms. The summed E-state index contributed by atoms with van der Waals surface area (Å²) in [4.78, 5) is 4.44. The number of aliphatic imine (C=N–C) groups is 1. The fraction of sp³-hybridized carbons (Fsp3) is 0.323. The number of hydrogen-bond donors (Lipinski definition) is 0. The molecule has 0 heterocycles. The molecular formula is C31H39N. The third-order valence-electron chi connectivity index (χ3n) is 6.13. The summed E-state index contributed by atoms with van der Waals surface area (Å²) in [5.41, 5.74) is 13.3. The van der Waals surface area contributed by atoms with E-state index in [1.54, 1.807) is 0 Å². The summed E-state index contributed by atoms with van der Waals surface area (Å²) in [5.74, 6) is 0. The zero-order chi connectivity index (χ0) is 23.7. The van der Waals surface area contributed by atoms with E-state index >= 15 is 0 Å². The van der Waals surface area contributed by atoms with E-state index in [1.165, 1.54) is 55.7 Å². The average Bonchev–Trinajstić information content (AvgIpc) is 2.75. The molecule has 0 atom stereocenters. The predicted octanol–water partition coefficient (Wildman–Crippen LogP) is 8.25. The summed E-state index contributed by atoms with van der Waals surface area (Å²) in [6.07, 6.45) is 10.4. The number of aryl methyl sites for hydroxylation is 3. The third kappa shape index (κ3) is 6.53. The second kappa shape index (κ2) is 12.2. The summed E-state index contributed by atoms with van der Waals surface area (Å²) in [5, 5.41) is 0. The van der Waals surface area contributed by atoms with Gasteiger partial charge in [0.25, 0.3) is 0 Å². The minimum Gasteiger partial charge on any atom is -0.296 e. The quantitative estimate of drug-likeness (QED) is 0.298. The highest BCUT2D eigenvalue weighted by Crippen LogP contribution is 2.29. The lowest BCUT2D eigenvalue weighted by molar-refractivity contribution is 1.06. The van der Waals surface area contributed by atoms with E-state index in [-0.39, 0.29) is 0 Å². The van der Waals surface area contributed by atoms with Gasteiger partial charge in [-0.15, -0.1) is 0 Å². The van der Waals surface area contributed by atoms with E-state index in [4.69, 9.17) is 0 Å². The lowest BCUT2D eigenvalue weighted by atomic mass is 9.85. The van der Waals surface area contributed by atoms with Crippen molar-refractivity contribution in [3.05, 3.63) is 116 Å². The van der Waals surface area contributed by atoms with Crippen molar-refractivity contribution in [1.82, 2.24) is 0 Å². The van der Waals surface area contributed by atoms with Crippen LogP contribution >= 0.6 is 0 Å². The molecule has 32 heavy (non-hydrogen) atoms. The van der Waals surface area contributed by atoms with Gasteiger partial charge in [-0.25, -0.2) is 0 Å². The van der Waals surface area contributed by atoms with Crippen LogP contribution in [0, 0.1) is 20.8 Å². The van der Waals surface area contributed by atoms with E-state index in [1.807, 2.05) is 13.3 Å². The molecule has 0 fully saturated rings. The third-order valence-corrected chi connectivity index (χ3v) is 6.13. The van der Waals surface area contributed by atoms with Crippen molar-refractivity contribution in [3.8, 4) is 0 Å². The van der Waals surface area contributed by atoms with E-state index < -0.39 is 0 Å². The first-order valence-corrected chi connectivity index (χ1v) is 11.5. The highest BCUT2D eigenvalue weighted by Gasteiger charge is 2.15. The van der Waals surface area contributed by atoms with E-state index in [0.717, 1.165) is 12.8 Å². The molecule has 0 spiro atoms. The van der Waals surface area contributed by atoms with E-state index in [9.17, 15) is 0 Å². The van der Waals surface area contributed by atoms with Crippen LogP contribution in [0.1, 0.15) is 55.5 Å². The fourth-order valence-corrected chi connectivity index (χ4v) is 4.35. The minimum atomic E-state index is 0.910. The zero-order valence-electron chi connectivity index (χ0n) is 21.2. The van der Waals surface area contributed by atoms with Gasteiger partial charge in [0, 0.05) is 13.3 Å². The lowest BCUT2D eigenvalue weighted by Crippen LogP contribution is -2.06. The second-order valence-corrected chi connectivity index (χ2v) is 8.64. The highest BCUT2D eigenvalue weighted by atomic mass is 14.6. The minimum absolute atomic E-state index is 0.910. The predicted molar refractivity (Wildman–Crippen MR) is 143 cm³/mol. The number of rotatable bonds is 8. The SMILES string of the molecule is C\C=C/C(=C\C)C(/Cc1c(C)cccc1C)=C(C)\C(\C=N/C)=C(/C)Cc1cccc(C)c1. The van der Waals surface area contributed by atoms with Crippen molar-refractivity contribution in [2.75, 3.05) is 7.05 Å². The Morgan fingerprint density at radius 2 is 1.56 bits per heavy atom. The van der Waals surface area contributed by atoms with Crippen molar-refractivity contribution in [3.63, 3.8) is 0 Å². The van der Waals surface area contributed by atoms with Crippen LogP contribution < -0.4 is 0 Å². The van der Waals surface area contributed by atoms with Gasteiger partial charge in [0.1, 0.15) is 0 Å². The largest absolute Gasteiger partial charge is 0.296 e. The summed E-state index contributed by atoms with van der Waals surface area (Å²) >= 11 is 0. The fourth-order valence-electron chi connectivity index (χ4n) is 4.35. The van der Waals surface area contributed by atoms with Crippen molar-refractivity contribution >= 4 is 6.21 Å². The molecule has 2 aromatic rings. The molecule has 0 aliphatic rings. The topological polar surface area (TPSA) is 12.4 Å². The molecule has 2 rings (SSSR count). The Balaban J connectivity index is 2.69. The van der Waals surface area contributed by atoms with Crippen molar-refractivity contribution in [2.24, 2.45) is 4.99 Å². The molecule has 0 saturated heterocycles. The molecule has 1 nitrogen and oxygen atoms in total. The molecule has 168 valence electrons. The molecule has 0 saturated carbocycles. The Bertz CT molecular complexity index is 1070. The highest BCUT2D eigenvalue weighted by molar-refractivity contribution is 5.86. The van der Waals surface area contributed by atoms with Gasteiger partial charge in [-0.3, -0.25) is 4.99 Å². The summed E-state index contributed by atoms with van der Waals surface area (Å²) in [6.45, 7) is 15.3.